The van der Waals surface area contributed by atoms with Crippen molar-refractivity contribution in [3.05, 3.63) is 29.0 Å². The highest BCUT2D eigenvalue weighted by Crippen LogP contribution is 2.23. The molecule has 0 saturated carbocycles. The van der Waals surface area contributed by atoms with Crippen molar-refractivity contribution in [1.82, 2.24) is 5.16 Å². The number of nitrogens with zero attached hydrogens (tertiary/aromatic N) is 1. The lowest BCUT2D eigenvalue weighted by Gasteiger charge is -1.96. The van der Waals surface area contributed by atoms with Gasteiger partial charge in [0.05, 0.1) is 5.69 Å². The zero-order chi connectivity index (χ0) is 9.42. The van der Waals surface area contributed by atoms with Crippen LogP contribution in [0.3, 0.4) is 0 Å². The largest absolute Gasteiger partial charge is 0.356 e. The summed E-state index contributed by atoms with van der Waals surface area (Å²) < 4.78 is 5.11. The lowest BCUT2D eigenvalue weighted by molar-refractivity contribution is 0.112. The molecule has 3 heteroatoms. The first-order chi connectivity index (χ1) is 6.24. The van der Waals surface area contributed by atoms with Gasteiger partial charge in [-0.3, -0.25) is 4.79 Å². The summed E-state index contributed by atoms with van der Waals surface area (Å²) in [5.41, 5.74) is 3.08. The Labute approximate surface area is 75.3 Å². The predicted molar refractivity (Wildman–Crippen MR) is 48.9 cm³/mol. The van der Waals surface area contributed by atoms with Crippen LogP contribution in [0.2, 0.25) is 0 Å². The number of fused-ring (bicyclic) bond motifs is 1. The Balaban J connectivity index is 2.87. The Morgan fingerprint density at radius 3 is 2.85 bits per heavy atom. The molecular formula is C10H9NO2. The van der Waals surface area contributed by atoms with Gasteiger partial charge in [0.1, 0.15) is 6.29 Å². The second-order valence-electron chi connectivity index (χ2n) is 3.04. The molecule has 0 radical (unpaired) electrons. The highest BCUT2D eigenvalue weighted by atomic mass is 16.5. The van der Waals surface area contributed by atoms with Gasteiger partial charge in [0.2, 0.25) is 0 Å². The molecule has 0 saturated heterocycles. The van der Waals surface area contributed by atoms with E-state index in [9.17, 15) is 4.79 Å². The average molecular weight is 175 g/mol. The summed E-state index contributed by atoms with van der Waals surface area (Å²) in [4.78, 5) is 10.6. The molecule has 0 aliphatic heterocycles. The molecular weight excluding hydrogens is 166 g/mol. The van der Waals surface area contributed by atoms with Crippen LogP contribution in [-0.4, -0.2) is 11.4 Å². The molecule has 0 aliphatic rings. The zero-order valence-corrected chi connectivity index (χ0v) is 7.50. The van der Waals surface area contributed by atoms with Crippen molar-refractivity contribution in [3.8, 4) is 0 Å². The molecule has 0 N–H and O–H groups in total. The Morgan fingerprint density at radius 1 is 1.38 bits per heavy atom. The number of carbonyl (C=O) groups is 1. The summed E-state index contributed by atoms with van der Waals surface area (Å²) in [7, 11) is 0. The third kappa shape index (κ3) is 1.04. The van der Waals surface area contributed by atoms with E-state index in [4.69, 9.17) is 4.52 Å². The lowest BCUT2D eigenvalue weighted by Crippen LogP contribution is -1.85. The van der Waals surface area contributed by atoms with Crippen LogP contribution in [0.1, 0.15) is 21.6 Å². The van der Waals surface area contributed by atoms with Crippen LogP contribution in [0.5, 0.6) is 0 Å². The smallest absolute Gasteiger partial charge is 0.170 e. The van der Waals surface area contributed by atoms with Crippen LogP contribution in [0.25, 0.3) is 11.0 Å². The Morgan fingerprint density at radius 2 is 2.15 bits per heavy atom. The van der Waals surface area contributed by atoms with Crippen LogP contribution in [-0.2, 0) is 0 Å². The van der Waals surface area contributed by atoms with Crippen LogP contribution >= 0.6 is 0 Å². The maximum Gasteiger partial charge on any atom is 0.170 e. The minimum Gasteiger partial charge on any atom is -0.356 e. The van der Waals surface area contributed by atoms with Gasteiger partial charge in [-0.05, 0) is 19.9 Å². The van der Waals surface area contributed by atoms with E-state index in [2.05, 4.69) is 5.16 Å². The molecule has 0 amide bonds. The van der Waals surface area contributed by atoms with Crippen molar-refractivity contribution >= 4 is 17.3 Å². The second kappa shape index (κ2) is 2.69. The maximum atomic E-state index is 10.6. The molecule has 0 fully saturated rings. The normalized spacial score (nSPS) is 10.6. The van der Waals surface area contributed by atoms with E-state index in [0.717, 1.165) is 22.9 Å². The number of carbonyl (C=O) groups excluding carboxylic acids is 1. The lowest BCUT2D eigenvalue weighted by atomic mass is 10.1. The van der Waals surface area contributed by atoms with E-state index in [1.54, 1.807) is 6.07 Å². The minimum absolute atomic E-state index is 0.656. The fraction of sp³-hybridized carbons (Fsp3) is 0.200. The zero-order valence-electron chi connectivity index (χ0n) is 7.50. The monoisotopic (exact) mass is 175 g/mol. The van der Waals surface area contributed by atoms with Gasteiger partial charge in [0, 0.05) is 16.5 Å². The van der Waals surface area contributed by atoms with Crippen molar-refractivity contribution in [1.29, 1.82) is 0 Å². The molecule has 0 spiro atoms. The average Bonchev–Trinajstić information content (AvgIpc) is 2.50. The third-order valence-electron chi connectivity index (χ3n) is 2.24. The van der Waals surface area contributed by atoms with Crippen LogP contribution in [0, 0.1) is 13.8 Å². The van der Waals surface area contributed by atoms with Gasteiger partial charge in [-0.1, -0.05) is 11.2 Å². The summed E-state index contributed by atoms with van der Waals surface area (Å²) in [6, 6.07) is 3.65. The first kappa shape index (κ1) is 7.98. The summed E-state index contributed by atoms with van der Waals surface area (Å²) in [5.74, 6) is 0. The minimum atomic E-state index is 0.656. The molecule has 3 nitrogen and oxygen atoms in total. The van der Waals surface area contributed by atoms with Crippen molar-refractivity contribution in [2.75, 3.05) is 0 Å². The Kier molecular flexibility index (Phi) is 1.65. The van der Waals surface area contributed by atoms with E-state index in [0.29, 0.717) is 11.1 Å². The SMILES string of the molecule is Cc1noc2c(C)c(C=O)ccc12. The molecule has 0 atom stereocenters. The van der Waals surface area contributed by atoms with Crippen molar-refractivity contribution in [3.63, 3.8) is 0 Å². The number of aromatic nitrogens is 1. The van der Waals surface area contributed by atoms with E-state index in [-0.39, 0.29) is 0 Å². The highest BCUT2D eigenvalue weighted by molar-refractivity contribution is 5.90. The molecule has 0 aliphatic carbocycles. The van der Waals surface area contributed by atoms with E-state index < -0.39 is 0 Å². The van der Waals surface area contributed by atoms with Crippen LogP contribution < -0.4 is 0 Å². The quantitative estimate of drug-likeness (QED) is 0.624. The molecule has 1 aromatic heterocycles. The molecule has 0 bridgehead atoms. The molecule has 0 unspecified atom stereocenters. The summed E-state index contributed by atoms with van der Waals surface area (Å²) in [6.45, 7) is 3.74. The predicted octanol–water partition coefficient (Wildman–Crippen LogP) is 2.26. The topological polar surface area (TPSA) is 43.1 Å². The molecule has 66 valence electrons. The molecule has 2 aromatic rings. The second-order valence-corrected chi connectivity index (χ2v) is 3.04. The number of rotatable bonds is 1. The number of hydrogen-bond acceptors (Lipinski definition) is 3. The number of benzene rings is 1. The standard InChI is InChI=1S/C10H9NO2/c1-6-8(5-12)3-4-9-7(2)11-13-10(6)9/h3-5H,1-2H3. The first-order valence-electron chi connectivity index (χ1n) is 4.05. The number of aryl methyl sites for hydroxylation is 2. The van der Waals surface area contributed by atoms with Gasteiger partial charge >= 0.3 is 0 Å². The van der Waals surface area contributed by atoms with Crippen LogP contribution in [0.15, 0.2) is 16.7 Å². The molecule has 2 rings (SSSR count). The highest BCUT2D eigenvalue weighted by Gasteiger charge is 2.09. The van der Waals surface area contributed by atoms with Gasteiger partial charge in [0.15, 0.2) is 5.58 Å². The molecule has 1 aromatic carbocycles. The first-order valence-corrected chi connectivity index (χ1v) is 4.05. The Hall–Kier alpha value is -1.64. The summed E-state index contributed by atoms with van der Waals surface area (Å²) >= 11 is 0. The fourth-order valence-electron chi connectivity index (χ4n) is 1.40. The number of hydrogen-bond donors (Lipinski definition) is 0. The molecule has 1 heterocycles. The van der Waals surface area contributed by atoms with Crippen molar-refractivity contribution < 1.29 is 9.32 Å². The summed E-state index contributed by atoms with van der Waals surface area (Å²) in [5, 5.41) is 4.82. The molecule has 13 heavy (non-hydrogen) atoms. The van der Waals surface area contributed by atoms with E-state index in [1.807, 2.05) is 19.9 Å². The van der Waals surface area contributed by atoms with Crippen molar-refractivity contribution in [2.24, 2.45) is 0 Å². The van der Waals surface area contributed by atoms with Gasteiger partial charge < -0.3 is 4.52 Å². The fourth-order valence-corrected chi connectivity index (χ4v) is 1.40. The Bertz CT molecular complexity index is 471. The van der Waals surface area contributed by atoms with Gasteiger partial charge in [0.25, 0.3) is 0 Å². The van der Waals surface area contributed by atoms with Gasteiger partial charge in [-0.25, -0.2) is 0 Å². The number of aldehydes is 1. The third-order valence-corrected chi connectivity index (χ3v) is 2.24. The van der Waals surface area contributed by atoms with Gasteiger partial charge in [-0.2, -0.15) is 0 Å². The maximum absolute atomic E-state index is 10.6. The van der Waals surface area contributed by atoms with Crippen LogP contribution in [0.4, 0.5) is 0 Å². The van der Waals surface area contributed by atoms with Gasteiger partial charge in [-0.15, -0.1) is 0 Å². The van der Waals surface area contributed by atoms with Crippen molar-refractivity contribution in [2.45, 2.75) is 13.8 Å². The van der Waals surface area contributed by atoms with E-state index >= 15 is 0 Å². The summed E-state index contributed by atoms with van der Waals surface area (Å²) in [6.07, 6.45) is 0.826. The van der Waals surface area contributed by atoms with E-state index in [1.165, 1.54) is 0 Å².